The van der Waals surface area contributed by atoms with Crippen LogP contribution in [0.2, 0.25) is 0 Å². The molecule has 1 saturated carbocycles. The van der Waals surface area contributed by atoms with Crippen molar-refractivity contribution in [1.82, 2.24) is 14.8 Å². The molecule has 29 heavy (non-hydrogen) atoms. The first-order chi connectivity index (χ1) is 14.1. The molecule has 0 atom stereocenters. The molecule has 6 nitrogen and oxygen atoms in total. The molecule has 2 amide bonds. The summed E-state index contributed by atoms with van der Waals surface area (Å²) < 4.78 is 5.84. The van der Waals surface area contributed by atoms with E-state index in [-0.39, 0.29) is 17.7 Å². The van der Waals surface area contributed by atoms with E-state index in [0.29, 0.717) is 39.1 Å². The fraction of sp³-hybridized carbons (Fsp3) is 0.435. The number of benzene rings is 1. The quantitative estimate of drug-likeness (QED) is 0.757. The molecule has 0 spiro atoms. The number of pyridine rings is 1. The monoisotopic (exact) mass is 393 g/mol. The molecule has 0 radical (unpaired) electrons. The van der Waals surface area contributed by atoms with E-state index in [1.165, 1.54) is 0 Å². The average molecular weight is 393 g/mol. The predicted molar refractivity (Wildman–Crippen MR) is 109 cm³/mol. The molecule has 0 saturated heterocycles. The first-order valence-corrected chi connectivity index (χ1v) is 10.3. The summed E-state index contributed by atoms with van der Waals surface area (Å²) in [6.45, 7) is 2.32. The van der Waals surface area contributed by atoms with Gasteiger partial charge in [-0.25, -0.2) is 0 Å². The van der Waals surface area contributed by atoms with E-state index in [1.807, 2.05) is 36.2 Å². The number of aryl methyl sites for hydroxylation is 1. The fourth-order valence-corrected chi connectivity index (χ4v) is 3.68. The van der Waals surface area contributed by atoms with Gasteiger partial charge >= 0.3 is 0 Å². The van der Waals surface area contributed by atoms with Crippen LogP contribution in [0.3, 0.4) is 0 Å². The van der Waals surface area contributed by atoms with Gasteiger partial charge in [-0.05, 0) is 42.5 Å². The number of aromatic nitrogens is 1. The molecular weight excluding hydrogens is 366 g/mol. The minimum absolute atomic E-state index is 0.102. The van der Waals surface area contributed by atoms with Gasteiger partial charge in [0.25, 0.3) is 0 Å². The fourth-order valence-electron chi connectivity index (χ4n) is 3.68. The molecule has 1 aromatic carbocycles. The zero-order valence-corrected chi connectivity index (χ0v) is 16.8. The van der Waals surface area contributed by atoms with Crippen LogP contribution >= 0.6 is 0 Å². The summed E-state index contributed by atoms with van der Waals surface area (Å²) in [5, 5.41) is 0. The molecule has 1 aromatic heterocycles. The van der Waals surface area contributed by atoms with Crippen LogP contribution in [0.15, 0.2) is 42.7 Å². The van der Waals surface area contributed by atoms with Crippen molar-refractivity contribution in [3.63, 3.8) is 0 Å². The molecule has 4 rings (SSSR count). The van der Waals surface area contributed by atoms with Crippen LogP contribution in [-0.4, -0.2) is 46.8 Å². The Morgan fingerprint density at radius 2 is 2.10 bits per heavy atom. The van der Waals surface area contributed by atoms with Crippen molar-refractivity contribution in [3.05, 3.63) is 59.4 Å². The van der Waals surface area contributed by atoms with Crippen molar-refractivity contribution >= 4 is 11.8 Å². The van der Waals surface area contributed by atoms with Crippen molar-refractivity contribution < 1.29 is 14.3 Å². The number of carbonyl (C=O) groups excluding carboxylic acids is 2. The van der Waals surface area contributed by atoms with Crippen LogP contribution in [0.4, 0.5) is 0 Å². The van der Waals surface area contributed by atoms with Gasteiger partial charge in [0, 0.05) is 50.4 Å². The Morgan fingerprint density at radius 3 is 2.86 bits per heavy atom. The van der Waals surface area contributed by atoms with Gasteiger partial charge in [0.1, 0.15) is 12.4 Å². The van der Waals surface area contributed by atoms with Gasteiger partial charge in [0.05, 0.1) is 6.54 Å². The van der Waals surface area contributed by atoms with E-state index in [1.54, 1.807) is 17.3 Å². The summed E-state index contributed by atoms with van der Waals surface area (Å²) in [6, 6.07) is 9.92. The lowest BCUT2D eigenvalue weighted by atomic mass is 10.0. The topological polar surface area (TPSA) is 62.7 Å². The van der Waals surface area contributed by atoms with Crippen LogP contribution in [0.1, 0.15) is 36.0 Å². The van der Waals surface area contributed by atoms with Gasteiger partial charge in [0.15, 0.2) is 0 Å². The standard InChI is InChI=1S/C23H27N3O3/c1-25(15-18-3-2-10-24-14-18)22(27)9-5-17-4-8-21-20(13-17)16-26(11-12-29-21)23(28)19-6-7-19/h2-4,8,10,13-14,19H,5-7,9,11-12,15-16H2,1H3. The Labute approximate surface area is 171 Å². The van der Waals surface area contributed by atoms with Crippen LogP contribution in [-0.2, 0) is 29.1 Å². The zero-order chi connectivity index (χ0) is 20.2. The first-order valence-electron chi connectivity index (χ1n) is 10.3. The van der Waals surface area contributed by atoms with Crippen LogP contribution in [0.25, 0.3) is 0 Å². The molecule has 6 heteroatoms. The molecule has 0 unspecified atom stereocenters. The number of fused-ring (bicyclic) bond motifs is 1. The number of hydrogen-bond donors (Lipinski definition) is 0. The number of rotatable bonds is 6. The maximum Gasteiger partial charge on any atom is 0.226 e. The Hall–Kier alpha value is -2.89. The summed E-state index contributed by atoms with van der Waals surface area (Å²) in [5.74, 6) is 1.41. The van der Waals surface area contributed by atoms with E-state index >= 15 is 0 Å². The van der Waals surface area contributed by atoms with Crippen molar-refractivity contribution in [2.45, 2.75) is 38.8 Å². The first kappa shape index (κ1) is 19.4. The molecule has 2 aromatic rings. The smallest absolute Gasteiger partial charge is 0.226 e. The molecule has 2 heterocycles. The van der Waals surface area contributed by atoms with Crippen molar-refractivity contribution in [2.24, 2.45) is 5.92 Å². The molecule has 1 fully saturated rings. The minimum Gasteiger partial charge on any atom is -0.491 e. The van der Waals surface area contributed by atoms with E-state index in [0.717, 1.165) is 35.3 Å². The highest BCUT2D eigenvalue weighted by molar-refractivity contribution is 5.81. The number of amides is 2. The number of carbonyl (C=O) groups is 2. The highest BCUT2D eigenvalue weighted by atomic mass is 16.5. The maximum atomic E-state index is 12.5. The third-order valence-electron chi connectivity index (χ3n) is 5.54. The van der Waals surface area contributed by atoms with Gasteiger partial charge < -0.3 is 14.5 Å². The molecule has 1 aliphatic carbocycles. The Kier molecular flexibility index (Phi) is 5.79. The number of nitrogens with zero attached hydrogens (tertiary/aromatic N) is 3. The molecule has 0 bridgehead atoms. The molecule has 152 valence electrons. The van der Waals surface area contributed by atoms with Crippen molar-refractivity contribution in [2.75, 3.05) is 20.2 Å². The van der Waals surface area contributed by atoms with E-state index < -0.39 is 0 Å². The molecular formula is C23H27N3O3. The third kappa shape index (κ3) is 4.94. The van der Waals surface area contributed by atoms with Gasteiger partial charge in [-0.2, -0.15) is 0 Å². The minimum atomic E-state index is 0.102. The zero-order valence-electron chi connectivity index (χ0n) is 16.8. The molecule has 1 aliphatic heterocycles. The second-order valence-corrected chi connectivity index (χ2v) is 7.94. The van der Waals surface area contributed by atoms with Crippen LogP contribution < -0.4 is 4.74 Å². The number of ether oxygens (including phenoxy) is 1. The number of hydrogen-bond acceptors (Lipinski definition) is 4. The summed E-state index contributed by atoms with van der Waals surface area (Å²) in [4.78, 5) is 32.7. The molecule has 2 aliphatic rings. The lowest BCUT2D eigenvalue weighted by Gasteiger charge is -2.20. The molecule has 0 N–H and O–H groups in total. The van der Waals surface area contributed by atoms with E-state index in [9.17, 15) is 9.59 Å². The van der Waals surface area contributed by atoms with E-state index in [4.69, 9.17) is 4.74 Å². The van der Waals surface area contributed by atoms with Gasteiger partial charge in [-0.1, -0.05) is 18.2 Å². The highest BCUT2D eigenvalue weighted by Gasteiger charge is 2.34. The largest absolute Gasteiger partial charge is 0.491 e. The van der Waals surface area contributed by atoms with Crippen molar-refractivity contribution in [3.8, 4) is 5.75 Å². The Balaban J connectivity index is 1.36. The normalized spacial score (nSPS) is 15.8. The summed E-state index contributed by atoms with van der Waals surface area (Å²) in [6.07, 6.45) is 6.65. The second kappa shape index (κ2) is 8.64. The second-order valence-electron chi connectivity index (χ2n) is 7.94. The third-order valence-corrected chi connectivity index (χ3v) is 5.54. The van der Waals surface area contributed by atoms with Gasteiger partial charge in [-0.3, -0.25) is 14.6 Å². The van der Waals surface area contributed by atoms with Gasteiger partial charge in [-0.15, -0.1) is 0 Å². The highest BCUT2D eigenvalue weighted by Crippen LogP contribution is 2.33. The summed E-state index contributed by atoms with van der Waals surface area (Å²) in [7, 11) is 1.82. The van der Waals surface area contributed by atoms with E-state index in [2.05, 4.69) is 11.1 Å². The lowest BCUT2D eigenvalue weighted by molar-refractivity contribution is -0.133. The lowest BCUT2D eigenvalue weighted by Crippen LogP contribution is -2.33. The van der Waals surface area contributed by atoms with Gasteiger partial charge in [0.2, 0.25) is 11.8 Å². The Bertz CT molecular complexity index is 880. The maximum absolute atomic E-state index is 12.5. The summed E-state index contributed by atoms with van der Waals surface area (Å²) >= 11 is 0. The van der Waals surface area contributed by atoms with Crippen molar-refractivity contribution in [1.29, 1.82) is 0 Å². The Morgan fingerprint density at radius 1 is 1.24 bits per heavy atom. The SMILES string of the molecule is CN(Cc1cccnc1)C(=O)CCc1ccc2c(c1)CN(C(=O)C1CC1)CCO2. The van der Waals surface area contributed by atoms with Crippen LogP contribution in [0.5, 0.6) is 5.75 Å². The van der Waals surface area contributed by atoms with Crippen LogP contribution in [0, 0.1) is 5.92 Å². The summed E-state index contributed by atoms with van der Waals surface area (Å²) in [5.41, 5.74) is 3.15. The predicted octanol–water partition coefficient (Wildman–Crippen LogP) is 2.80. The average Bonchev–Trinajstić information content (AvgIpc) is 3.58.